The van der Waals surface area contributed by atoms with Gasteiger partial charge in [-0.3, -0.25) is 0 Å². The molecular weight excluding hydrogens is 172 g/mol. The fourth-order valence-corrected chi connectivity index (χ4v) is 1.48. The number of hydrogen-bond donors (Lipinski definition) is 1. The highest BCUT2D eigenvalue weighted by atomic mass is 32.1. The number of nitrogens with two attached hydrogens (primary N) is 1. The van der Waals surface area contributed by atoms with Crippen molar-refractivity contribution in [3.05, 3.63) is 22.7 Å². The maximum atomic E-state index is 5.44. The van der Waals surface area contributed by atoms with Crippen molar-refractivity contribution in [1.82, 2.24) is 4.98 Å². The molecule has 0 saturated carbocycles. The van der Waals surface area contributed by atoms with Crippen LogP contribution in [0.3, 0.4) is 0 Å². The lowest BCUT2D eigenvalue weighted by molar-refractivity contribution is 0.299. The summed E-state index contributed by atoms with van der Waals surface area (Å²) in [5, 5.41) is 0.817. The van der Waals surface area contributed by atoms with Crippen LogP contribution in [0.25, 0.3) is 5.76 Å². The summed E-state index contributed by atoms with van der Waals surface area (Å²) in [6.07, 6.45) is 1.75. The van der Waals surface area contributed by atoms with E-state index in [-0.39, 0.29) is 0 Å². The lowest BCUT2D eigenvalue weighted by Crippen LogP contribution is -1.91. The summed E-state index contributed by atoms with van der Waals surface area (Å²) in [5.41, 5.74) is 5.44. The Morgan fingerprint density at radius 2 is 2.58 bits per heavy atom. The SMILES string of the molecule is C=C(OCC)c1ncc(CN)s1. The number of aromatic nitrogens is 1. The van der Waals surface area contributed by atoms with E-state index < -0.39 is 0 Å². The molecule has 2 N–H and O–H groups in total. The van der Waals surface area contributed by atoms with E-state index in [1.165, 1.54) is 11.3 Å². The molecule has 0 spiro atoms. The van der Waals surface area contributed by atoms with Gasteiger partial charge in [0.25, 0.3) is 0 Å². The Kier molecular flexibility index (Phi) is 3.25. The van der Waals surface area contributed by atoms with Crippen LogP contribution in [0, 0.1) is 0 Å². The number of ether oxygens (including phenoxy) is 1. The van der Waals surface area contributed by atoms with Gasteiger partial charge in [0.15, 0.2) is 5.01 Å². The molecule has 0 aliphatic rings. The van der Waals surface area contributed by atoms with Crippen LogP contribution in [-0.2, 0) is 11.3 Å². The van der Waals surface area contributed by atoms with Gasteiger partial charge >= 0.3 is 0 Å². The molecule has 1 aromatic rings. The Hall–Kier alpha value is -0.870. The van der Waals surface area contributed by atoms with Crippen molar-refractivity contribution in [3.8, 4) is 0 Å². The van der Waals surface area contributed by atoms with Gasteiger partial charge in [0, 0.05) is 17.6 Å². The molecule has 0 aromatic carbocycles. The molecule has 4 heteroatoms. The lowest BCUT2D eigenvalue weighted by atomic mass is 10.5. The molecule has 1 heterocycles. The summed E-state index contributed by atoms with van der Waals surface area (Å²) < 4.78 is 5.20. The molecule has 0 saturated heterocycles. The molecule has 0 fully saturated rings. The van der Waals surface area contributed by atoms with E-state index in [0.717, 1.165) is 9.88 Å². The van der Waals surface area contributed by atoms with Crippen molar-refractivity contribution in [2.24, 2.45) is 5.73 Å². The normalized spacial score (nSPS) is 9.83. The summed E-state index contributed by atoms with van der Waals surface area (Å²) in [5.74, 6) is 0.627. The topological polar surface area (TPSA) is 48.1 Å². The summed E-state index contributed by atoms with van der Waals surface area (Å²) >= 11 is 1.52. The van der Waals surface area contributed by atoms with E-state index >= 15 is 0 Å². The first-order chi connectivity index (χ1) is 5.77. The fraction of sp³-hybridized carbons (Fsp3) is 0.375. The molecule has 1 aromatic heterocycles. The number of rotatable bonds is 4. The van der Waals surface area contributed by atoms with E-state index in [9.17, 15) is 0 Å². The van der Waals surface area contributed by atoms with Crippen molar-refractivity contribution in [3.63, 3.8) is 0 Å². The van der Waals surface area contributed by atoms with Crippen molar-refractivity contribution in [1.29, 1.82) is 0 Å². The van der Waals surface area contributed by atoms with Crippen LogP contribution in [0.2, 0.25) is 0 Å². The third-order valence-electron chi connectivity index (χ3n) is 1.31. The quantitative estimate of drug-likeness (QED) is 0.723. The summed E-state index contributed by atoms with van der Waals surface area (Å²) in [7, 11) is 0. The van der Waals surface area contributed by atoms with Crippen LogP contribution in [-0.4, -0.2) is 11.6 Å². The molecule has 3 nitrogen and oxygen atoms in total. The summed E-state index contributed by atoms with van der Waals surface area (Å²) in [6, 6.07) is 0. The highest BCUT2D eigenvalue weighted by Crippen LogP contribution is 2.19. The Bertz CT molecular complexity index is 270. The highest BCUT2D eigenvalue weighted by Gasteiger charge is 2.04. The van der Waals surface area contributed by atoms with Gasteiger partial charge in [-0.2, -0.15) is 0 Å². The maximum absolute atomic E-state index is 5.44. The molecule has 12 heavy (non-hydrogen) atoms. The Labute approximate surface area is 75.9 Å². The minimum absolute atomic E-state index is 0.525. The van der Waals surface area contributed by atoms with Gasteiger partial charge in [-0.05, 0) is 6.92 Å². The van der Waals surface area contributed by atoms with Crippen molar-refractivity contribution in [2.45, 2.75) is 13.5 Å². The van der Waals surface area contributed by atoms with E-state index in [0.29, 0.717) is 18.9 Å². The largest absolute Gasteiger partial charge is 0.491 e. The zero-order chi connectivity index (χ0) is 8.97. The predicted molar refractivity (Wildman–Crippen MR) is 50.7 cm³/mol. The van der Waals surface area contributed by atoms with Crippen LogP contribution in [0.1, 0.15) is 16.8 Å². The van der Waals surface area contributed by atoms with Crippen LogP contribution in [0.15, 0.2) is 12.8 Å². The highest BCUT2D eigenvalue weighted by molar-refractivity contribution is 7.12. The lowest BCUT2D eigenvalue weighted by Gasteiger charge is -2.01. The van der Waals surface area contributed by atoms with E-state index in [2.05, 4.69) is 11.6 Å². The molecule has 0 atom stereocenters. The van der Waals surface area contributed by atoms with Crippen LogP contribution in [0.4, 0.5) is 0 Å². The third kappa shape index (κ3) is 2.06. The van der Waals surface area contributed by atoms with Crippen molar-refractivity contribution < 1.29 is 4.74 Å². The molecule has 66 valence electrons. The van der Waals surface area contributed by atoms with Gasteiger partial charge < -0.3 is 10.5 Å². The van der Waals surface area contributed by atoms with Crippen LogP contribution < -0.4 is 5.73 Å². The zero-order valence-electron chi connectivity index (χ0n) is 7.04. The molecule has 0 aliphatic heterocycles. The Balaban J connectivity index is 2.68. The van der Waals surface area contributed by atoms with Gasteiger partial charge in [-0.1, -0.05) is 6.58 Å². The molecule has 0 radical (unpaired) electrons. The monoisotopic (exact) mass is 184 g/mol. The average molecular weight is 184 g/mol. The van der Waals surface area contributed by atoms with Crippen LogP contribution in [0.5, 0.6) is 0 Å². The Morgan fingerprint density at radius 3 is 3.08 bits per heavy atom. The second-order valence-electron chi connectivity index (χ2n) is 2.19. The first kappa shape index (κ1) is 9.22. The first-order valence-electron chi connectivity index (χ1n) is 3.74. The summed E-state index contributed by atoms with van der Waals surface area (Å²) in [6.45, 7) is 6.81. The fourth-order valence-electron chi connectivity index (χ4n) is 0.767. The molecule has 0 amide bonds. The van der Waals surface area contributed by atoms with E-state index in [1.807, 2.05) is 6.92 Å². The van der Waals surface area contributed by atoms with Crippen LogP contribution >= 0.6 is 11.3 Å². The molecule has 1 rings (SSSR count). The summed E-state index contributed by atoms with van der Waals surface area (Å²) in [4.78, 5) is 5.17. The Morgan fingerprint density at radius 1 is 1.83 bits per heavy atom. The molecule has 0 bridgehead atoms. The third-order valence-corrected chi connectivity index (χ3v) is 2.37. The molecule has 0 aliphatic carbocycles. The molecular formula is C8H12N2OS. The maximum Gasteiger partial charge on any atom is 0.157 e. The van der Waals surface area contributed by atoms with Gasteiger partial charge in [0.2, 0.25) is 0 Å². The smallest absolute Gasteiger partial charge is 0.157 e. The number of thiazole rings is 1. The second kappa shape index (κ2) is 4.23. The van der Waals surface area contributed by atoms with Crippen molar-refractivity contribution >= 4 is 17.1 Å². The first-order valence-corrected chi connectivity index (χ1v) is 4.56. The second-order valence-corrected chi connectivity index (χ2v) is 3.31. The zero-order valence-corrected chi connectivity index (χ0v) is 7.86. The predicted octanol–water partition coefficient (Wildman–Crippen LogP) is 1.61. The van der Waals surface area contributed by atoms with Gasteiger partial charge in [0.05, 0.1) is 6.61 Å². The van der Waals surface area contributed by atoms with E-state index in [4.69, 9.17) is 10.5 Å². The number of hydrogen-bond acceptors (Lipinski definition) is 4. The minimum atomic E-state index is 0.525. The van der Waals surface area contributed by atoms with Gasteiger partial charge in [-0.25, -0.2) is 4.98 Å². The average Bonchev–Trinajstić information content (AvgIpc) is 2.52. The van der Waals surface area contributed by atoms with Gasteiger partial charge in [-0.15, -0.1) is 11.3 Å². The standard InChI is InChI=1S/C8H12N2OS/c1-3-11-6(2)8-10-5-7(4-9)12-8/h5H,2-4,9H2,1H3. The molecule has 0 unspecified atom stereocenters. The van der Waals surface area contributed by atoms with E-state index in [1.54, 1.807) is 6.20 Å². The van der Waals surface area contributed by atoms with Gasteiger partial charge in [0.1, 0.15) is 5.76 Å². The minimum Gasteiger partial charge on any atom is -0.491 e. The number of nitrogens with zero attached hydrogens (tertiary/aromatic N) is 1. The van der Waals surface area contributed by atoms with Crippen molar-refractivity contribution in [2.75, 3.05) is 6.61 Å².